The minimum absolute atomic E-state index is 0.00901. The predicted molar refractivity (Wildman–Crippen MR) is 108 cm³/mol. The van der Waals surface area contributed by atoms with Gasteiger partial charge in [-0.2, -0.15) is 13.1 Å². The van der Waals surface area contributed by atoms with E-state index < -0.39 is 10.2 Å². The summed E-state index contributed by atoms with van der Waals surface area (Å²) in [5.41, 5.74) is 2.24. The number of ether oxygens (including phenoxy) is 1. The Kier molecular flexibility index (Phi) is 7.10. The van der Waals surface area contributed by atoms with Gasteiger partial charge >= 0.3 is 0 Å². The fraction of sp³-hybridized carbons (Fsp3) is 0.684. The topological polar surface area (TPSA) is 73.9 Å². The van der Waals surface area contributed by atoms with Crippen molar-refractivity contribution in [3.63, 3.8) is 0 Å². The first-order valence-electron chi connectivity index (χ1n) is 9.80. The van der Waals surface area contributed by atoms with Gasteiger partial charge in [0.1, 0.15) is 0 Å². The predicted octanol–water partition coefficient (Wildman–Crippen LogP) is 1.49. The van der Waals surface area contributed by atoms with Crippen molar-refractivity contribution < 1.29 is 13.2 Å². The minimum Gasteiger partial charge on any atom is -0.379 e. The number of morpholine rings is 1. The molecule has 1 unspecified atom stereocenters. The summed E-state index contributed by atoms with van der Waals surface area (Å²) in [6, 6.07) is 8.40. The Morgan fingerprint density at radius 2 is 1.78 bits per heavy atom. The zero-order valence-corrected chi connectivity index (χ0v) is 17.2. The molecule has 27 heavy (non-hydrogen) atoms. The SMILES string of the molecule is CN(C)c1ccc(C(CNS(=O)(=O)NC2CCCC2)N2CCOCC2)cc1. The summed E-state index contributed by atoms with van der Waals surface area (Å²) >= 11 is 0. The second-order valence-corrected chi connectivity index (χ2v) is 9.13. The van der Waals surface area contributed by atoms with E-state index in [0.717, 1.165) is 50.0 Å². The van der Waals surface area contributed by atoms with E-state index in [-0.39, 0.29) is 12.1 Å². The van der Waals surface area contributed by atoms with Crippen LogP contribution in [0, 0.1) is 0 Å². The molecule has 3 rings (SSSR count). The number of nitrogens with one attached hydrogen (secondary N) is 2. The van der Waals surface area contributed by atoms with Crippen LogP contribution in [0.25, 0.3) is 0 Å². The lowest BCUT2D eigenvalue weighted by molar-refractivity contribution is 0.0172. The molecule has 2 N–H and O–H groups in total. The number of hydrogen-bond acceptors (Lipinski definition) is 5. The van der Waals surface area contributed by atoms with Gasteiger partial charge in [-0.1, -0.05) is 25.0 Å². The second-order valence-electron chi connectivity index (χ2n) is 7.60. The van der Waals surface area contributed by atoms with Crippen molar-refractivity contribution in [2.24, 2.45) is 0 Å². The first-order valence-corrected chi connectivity index (χ1v) is 11.3. The van der Waals surface area contributed by atoms with Crippen molar-refractivity contribution in [2.45, 2.75) is 37.8 Å². The number of rotatable bonds is 8. The highest BCUT2D eigenvalue weighted by Crippen LogP contribution is 2.24. The van der Waals surface area contributed by atoms with Crippen LogP contribution in [0.1, 0.15) is 37.3 Å². The molecule has 2 fully saturated rings. The summed E-state index contributed by atoms with van der Waals surface area (Å²) in [6.07, 6.45) is 4.06. The van der Waals surface area contributed by atoms with Gasteiger partial charge in [0, 0.05) is 51.5 Å². The van der Waals surface area contributed by atoms with E-state index >= 15 is 0 Å². The molecule has 1 atom stereocenters. The average Bonchev–Trinajstić information content (AvgIpc) is 3.15. The van der Waals surface area contributed by atoms with Gasteiger partial charge in [-0.3, -0.25) is 4.90 Å². The van der Waals surface area contributed by atoms with Crippen LogP contribution in [0.2, 0.25) is 0 Å². The molecule has 0 aromatic heterocycles. The molecule has 1 saturated carbocycles. The molecule has 1 aliphatic carbocycles. The van der Waals surface area contributed by atoms with Gasteiger partial charge in [0.25, 0.3) is 10.2 Å². The van der Waals surface area contributed by atoms with Gasteiger partial charge in [0.05, 0.1) is 13.2 Å². The minimum atomic E-state index is -3.49. The Balaban J connectivity index is 1.69. The summed E-state index contributed by atoms with van der Waals surface area (Å²) in [6.45, 7) is 3.32. The fourth-order valence-electron chi connectivity index (χ4n) is 3.83. The monoisotopic (exact) mass is 396 g/mol. The first-order chi connectivity index (χ1) is 12.9. The van der Waals surface area contributed by atoms with Gasteiger partial charge in [-0.05, 0) is 30.5 Å². The Hall–Kier alpha value is -1.19. The van der Waals surface area contributed by atoms with E-state index in [4.69, 9.17) is 4.74 Å². The smallest absolute Gasteiger partial charge is 0.277 e. The zero-order valence-electron chi connectivity index (χ0n) is 16.4. The zero-order chi connectivity index (χ0) is 19.3. The summed E-state index contributed by atoms with van der Waals surface area (Å²) in [5.74, 6) is 0. The van der Waals surface area contributed by atoms with Gasteiger partial charge < -0.3 is 9.64 Å². The van der Waals surface area contributed by atoms with E-state index in [1.54, 1.807) is 0 Å². The van der Waals surface area contributed by atoms with Gasteiger partial charge in [0.15, 0.2) is 0 Å². The molecule has 152 valence electrons. The molecule has 0 spiro atoms. The summed E-state index contributed by atoms with van der Waals surface area (Å²) in [5, 5.41) is 0. The Labute approximate surface area is 163 Å². The van der Waals surface area contributed by atoms with Crippen LogP contribution in [0.15, 0.2) is 24.3 Å². The van der Waals surface area contributed by atoms with E-state index in [1.165, 1.54) is 0 Å². The van der Waals surface area contributed by atoms with Gasteiger partial charge in [0.2, 0.25) is 0 Å². The first kappa shape index (κ1) is 20.5. The quantitative estimate of drug-likeness (QED) is 0.697. The summed E-state index contributed by atoms with van der Waals surface area (Å²) in [7, 11) is 0.528. The van der Waals surface area contributed by atoms with E-state index in [2.05, 4.69) is 43.5 Å². The Morgan fingerprint density at radius 3 is 2.37 bits per heavy atom. The van der Waals surface area contributed by atoms with Crippen LogP contribution in [0.4, 0.5) is 5.69 Å². The Morgan fingerprint density at radius 1 is 1.15 bits per heavy atom. The highest BCUT2D eigenvalue weighted by molar-refractivity contribution is 7.87. The lowest BCUT2D eigenvalue weighted by Gasteiger charge is -2.35. The molecule has 1 aromatic carbocycles. The van der Waals surface area contributed by atoms with Crippen molar-refractivity contribution >= 4 is 15.9 Å². The van der Waals surface area contributed by atoms with E-state index in [1.807, 2.05) is 14.1 Å². The van der Waals surface area contributed by atoms with Crippen molar-refractivity contribution in [1.82, 2.24) is 14.3 Å². The maximum Gasteiger partial charge on any atom is 0.277 e. The third kappa shape index (κ3) is 5.89. The highest BCUT2D eigenvalue weighted by atomic mass is 32.2. The third-order valence-corrected chi connectivity index (χ3v) is 6.61. The number of anilines is 1. The average molecular weight is 397 g/mol. The largest absolute Gasteiger partial charge is 0.379 e. The molecule has 0 bridgehead atoms. The van der Waals surface area contributed by atoms with Crippen LogP contribution in [0.3, 0.4) is 0 Å². The van der Waals surface area contributed by atoms with Crippen molar-refractivity contribution in [3.05, 3.63) is 29.8 Å². The number of nitrogens with zero attached hydrogens (tertiary/aromatic N) is 2. The molecule has 1 heterocycles. The molecular formula is C19H32N4O3S. The van der Waals surface area contributed by atoms with Gasteiger partial charge in [-0.25, -0.2) is 4.72 Å². The molecule has 1 aromatic rings. The maximum atomic E-state index is 12.5. The van der Waals surface area contributed by atoms with E-state index in [9.17, 15) is 8.42 Å². The van der Waals surface area contributed by atoms with Crippen molar-refractivity contribution in [1.29, 1.82) is 0 Å². The second kappa shape index (κ2) is 9.34. The van der Waals surface area contributed by atoms with Gasteiger partial charge in [-0.15, -0.1) is 0 Å². The molecular weight excluding hydrogens is 364 g/mol. The van der Waals surface area contributed by atoms with Crippen LogP contribution in [-0.2, 0) is 14.9 Å². The molecule has 2 aliphatic rings. The molecule has 0 radical (unpaired) electrons. The molecule has 8 heteroatoms. The molecule has 0 amide bonds. The number of benzene rings is 1. The van der Waals surface area contributed by atoms with Crippen molar-refractivity contribution in [2.75, 3.05) is 51.8 Å². The fourth-order valence-corrected chi connectivity index (χ4v) is 4.97. The lowest BCUT2D eigenvalue weighted by atomic mass is 10.0. The summed E-state index contributed by atoms with van der Waals surface area (Å²) < 4.78 is 36.0. The lowest BCUT2D eigenvalue weighted by Crippen LogP contribution is -2.47. The number of hydrogen-bond donors (Lipinski definition) is 2. The van der Waals surface area contributed by atoms with Crippen LogP contribution >= 0.6 is 0 Å². The molecule has 7 nitrogen and oxygen atoms in total. The van der Waals surface area contributed by atoms with E-state index in [0.29, 0.717) is 19.8 Å². The highest BCUT2D eigenvalue weighted by Gasteiger charge is 2.26. The summed E-state index contributed by atoms with van der Waals surface area (Å²) in [4.78, 5) is 4.36. The third-order valence-electron chi connectivity index (χ3n) is 5.42. The van der Waals surface area contributed by atoms with Crippen LogP contribution < -0.4 is 14.3 Å². The standard InChI is InChI=1S/C19H32N4O3S/c1-22(2)18-9-7-16(8-10-18)19(23-11-13-26-14-12-23)15-20-27(24,25)21-17-5-3-4-6-17/h7-10,17,19-21H,3-6,11-15H2,1-2H3. The molecule has 1 aliphatic heterocycles. The Bertz CT molecular complexity index is 681. The van der Waals surface area contributed by atoms with Crippen LogP contribution in [0.5, 0.6) is 0 Å². The normalized spacial score (nSPS) is 20.7. The maximum absolute atomic E-state index is 12.5. The van der Waals surface area contributed by atoms with Crippen LogP contribution in [-0.4, -0.2) is 66.3 Å². The molecule has 1 saturated heterocycles. The van der Waals surface area contributed by atoms with Crippen molar-refractivity contribution in [3.8, 4) is 0 Å².